The second kappa shape index (κ2) is 7.54. The molecular weight excluding hydrogens is 272 g/mol. The van der Waals surface area contributed by atoms with E-state index in [1.165, 1.54) is 43.7 Å². The molecule has 118 valence electrons. The van der Waals surface area contributed by atoms with Crippen LogP contribution in [-0.4, -0.2) is 32.0 Å². The summed E-state index contributed by atoms with van der Waals surface area (Å²) in [5, 5.41) is 0. The Morgan fingerprint density at radius 2 is 2.14 bits per heavy atom. The molecule has 4 nitrogen and oxygen atoms in total. The fourth-order valence-corrected chi connectivity index (χ4v) is 3.42. The zero-order valence-electron chi connectivity index (χ0n) is 13.5. The van der Waals surface area contributed by atoms with Crippen molar-refractivity contribution in [1.82, 2.24) is 19.4 Å². The predicted octanol–water partition coefficient (Wildman–Crippen LogP) is 3.29. The van der Waals surface area contributed by atoms with Crippen LogP contribution >= 0.6 is 0 Å². The maximum Gasteiger partial charge on any atom is 0.122 e. The molecule has 0 unspecified atom stereocenters. The van der Waals surface area contributed by atoms with Gasteiger partial charge in [0.25, 0.3) is 0 Å². The lowest BCUT2D eigenvalue weighted by atomic mass is 9.97. The number of aromatic nitrogens is 3. The summed E-state index contributed by atoms with van der Waals surface area (Å²) in [6, 6.07) is 6.87. The minimum absolute atomic E-state index is 0.665. The molecule has 1 aliphatic rings. The van der Waals surface area contributed by atoms with Crippen molar-refractivity contribution in [1.29, 1.82) is 0 Å². The first-order valence-corrected chi connectivity index (χ1v) is 8.51. The van der Waals surface area contributed by atoms with E-state index in [1.807, 2.05) is 18.5 Å². The van der Waals surface area contributed by atoms with Crippen molar-refractivity contribution in [3.8, 4) is 0 Å². The van der Waals surface area contributed by atoms with Gasteiger partial charge >= 0.3 is 0 Å². The molecule has 4 heteroatoms. The van der Waals surface area contributed by atoms with Gasteiger partial charge in [-0.3, -0.25) is 9.88 Å². The Hall–Kier alpha value is -1.68. The number of nitrogens with zero attached hydrogens (tertiary/aromatic N) is 4. The minimum Gasteiger partial charge on any atom is -0.334 e. The molecule has 3 heterocycles. The Labute approximate surface area is 133 Å². The largest absolute Gasteiger partial charge is 0.334 e. The Balaban J connectivity index is 1.61. The van der Waals surface area contributed by atoms with Crippen LogP contribution in [-0.2, 0) is 19.5 Å². The van der Waals surface area contributed by atoms with Crippen LogP contribution in [0.2, 0.25) is 0 Å². The number of hydrogen-bond donors (Lipinski definition) is 0. The molecule has 0 radical (unpaired) electrons. The summed E-state index contributed by atoms with van der Waals surface area (Å²) in [6.07, 6.45) is 12.1. The number of hydrogen-bond acceptors (Lipinski definition) is 3. The van der Waals surface area contributed by atoms with E-state index in [9.17, 15) is 0 Å². The van der Waals surface area contributed by atoms with E-state index < -0.39 is 0 Å². The van der Waals surface area contributed by atoms with Crippen LogP contribution in [0.1, 0.15) is 44.1 Å². The van der Waals surface area contributed by atoms with E-state index in [0.29, 0.717) is 6.04 Å². The second-order valence-electron chi connectivity index (χ2n) is 6.11. The summed E-state index contributed by atoms with van der Waals surface area (Å²) in [6.45, 7) is 5.36. The molecule has 1 saturated heterocycles. The monoisotopic (exact) mass is 298 g/mol. The lowest BCUT2D eigenvalue weighted by Crippen LogP contribution is -2.39. The summed E-state index contributed by atoms with van der Waals surface area (Å²) >= 11 is 0. The average Bonchev–Trinajstić information content (AvgIpc) is 3.02. The molecule has 2 aromatic heterocycles. The lowest BCUT2D eigenvalue weighted by molar-refractivity contribution is 0.127. The van der Waals surface area contributed by atoms with Crippen molar-refractivity contribution < 1.29 is 0 Å². The number of rotatable bonds is 6. The summed E-state index contributed by atoms with van der Waals surface area (Å²) < 4.78 is 2.25. The molecule has 0 bridgehead atoms. The van der Waals surface area contributed by atoms with E-state index in [-0.39, 0.29) is 0 Å². The predicted molar refractivity (Wildman–Crippen MR) is 88.5 cm³/mol. The number of pyridine rings is 1. The summed E-state index contributed by atoms with van der Waals surface area (Å²) in [4.78, 5) is 11.6. The van der Waals surface area contributed by atoms with Crippen molar-refractivity contribution in [3.63, 3.8) is 0 Å². The minimum atomic E-state index is 0.665. The first kappa shape index (κ1) is 15.2. The number of piperidine rings is 1. The van der Waals surface area contributed by atoms with Crippen LogP contribution in [0.5, 0.6) is 0 Å². The zero-order valence-corrected chi connectivity index (χ0v) is 13.5. The highest BCUT2D eigenvalue weighted by atomic mass is 15.2. The number of imidazole rings is 1. The first-order valence-electron chi connectivity index (χ1n) is 8.51. The highest BCUT2D eigenvalue weighted by Crippen LogP contribution is 2.22. The van der Waals surface area contributed by atoms with E-state index in [4.69, 9.17) is 0 Å². The molecule has 1 fully saturated rings. The molecule has 0 spiro atoms. The molecule has 1 atom stereocenters. The Morgan fingerprint density at radius 1 is 1.18 bits per heavy atom. The third-order valence-electron chi connectivity index (χ3n) is 4.70. The van der Waals surface area contributed by atoms with Gasteiger partial charge < -0.3 is 4.57 Å². The van der Waals surface area contributed by atoms with E-state index in [1.54, 1.807) is 0 Å². The van der Waals surface area contributed by atoms with Crippen molar-refractivity contribution in [2.75, 3.05) is 6.54 Å². The van der Waals surface area contributed by atoms with Gasteiger partial charge in [0, 0.05) is 36.9 Å². The summed E-state index contributed by atoms with van der Waals surface area (Å²) in [7, 11) is 0. The molecule has 22 heavy (non-hydrogen) atoms. The van der Waals surface area contributed by atoms with Gasteiger partial charge in [0.15, 0.2) is 0 Å². The normalized spacial score (nSPS) is 19.4. The van der Waals surface area contributed by atoms with Crippen LogP contribution in [0, 0.1) is 0 Å². The van der Waals surface area contributed by atoms with Crippen LogP contribution in [0.15, 0.2) is 36.8 Å². The fraction of sp³-hybridized carbons (Fsp3) is 0.556. The quantitative estimate of drug-likeness (QED) is 0.820. The van der Waals surface area contributed by atoms with Crippen LogP contribution in [0.3, 0.4) is 0 Å². The Bertz CT molecular complexity index is 563. The highest BCUT2D eigenvalue weighted by Gasteiger charge is 2.23. The van der Waals surface area contributed by atoms with Gasteiger partial charge in [-0.05, 0) is 51.3 Å². The molecule has 0 aliphatic carbocycles. The van der Waals surface area contributed by atoms with Gasteiger partial charge in [0.1, 0.15) is 5.82 Å². The smallest absolute Gasteiger partial charge is 0.122 e. The number of likely N-dealkylation sites (tertiary alicyclic amines) is 1. The van der Waals surface area contributed by atoms with Crippen LogP contribution in [0.4, 0.5) is 0 Å². The summed E-state index contributed by atoms with van der Waals surface area (Å²) in [5.74, 6) is 1.20. The molecule has 0 aromatic carbocycles. The maximum atomic E-state index is 4.54. The van der Waals surface area contributed by atoms with Crippen molar-refractivity contribution in [3.05, 3.63) is 48.3 Å². The molecule has 3 rings (SSSR count). The standard InChI is InChI=1S/C18H26N4/c1-2-21-14-12-20-18(21)15-22-13-6-4-8-17(22)10-9-16-7-3-5-11-19-16/h3,5,7,11-12,14,17H,2,4,6,8-10,13,15H2,1H3/t17-/m1/s1. The fourth-order valence-electron chi connectivity index (χ4n) is 3.42. The maximum absolute atomic E-state index is 4.54. The third kappa shape index (κ3) is 3.74. The number of aryl methyl sites for hydroxylation is 2. The van der Waals surface area contributed by atoms with E-state index >= 15 is 0 Å². The Kier molecular flexibility index (Phi) is 5.22. The molecule has 2 aromatic rings. The van der Waals surface area contributed by atoms with Crippen molar-refractivity contribution in [2.24, 2.45) is 0 Å². The highest BCUT2D eigenvalue weighted by molar-refractivity contribution is 5.04. The molecular formula is C18H26N4. The third-order valence-corrected chi connectivity index (χ3v) is 4.70. The van der Waals surface area contributed by atoms with Gasteiger partial charge in [-0.2, -0.15) is 0 Å². The van der Waals surface area contributed by atoms with Gasteiger partial charge in [-0.1, -0.05) is 12.5 Å². The first-order chi connectivity index (χ1) is 10.9. The van der Waals surface area contributed by atoms with Gasteiger partial charge in [-0.25, -0.2) is 4.98 Å². The SMILES string of the molecule is CCn1ccnc1CN1CCCC[C@@H]1CCc1ccccn1. The molecule has 1 aliphatic heterocycles. The van der Waals surface area contributed by atoms with E-state index in [0.717, 1.165) is 19.5 Å². The average molecular weight is 298 g/mol. The molecule has 0 amide bonds. The van der Waals surface area contributed by atoms with Crippen molar-refractivity contribution in [2.45, 2.75) is 58.2 Å². The van der Waals surface area contributed by atoms with Crippen LogP contribution in [0.25, 0.3) is 0 Å². The Morgan fingerprint density at radius 3 is 2.95 bits per heavy atom. The zero-order chi connectivity index (χ0) is 15.2. The topological polar surface area (TPSA) is 34.0 Å². The van der Waals surface area contributed by atoms with Crippen LogP contribution < -0.4 is 0 Å². The van der Waals surface area contributed by atoms with Gasteiger partial charge in [0.05, 0.1) is 6.54 Å². The van der Waals surface area contributed by atoms with E-state index in [2.05, 4.69) is 44.7 Å². The molecule has 0 N–H and O–H groups in total. The lowest BCUT2D eigenvalue weighted by Gasteiger charge is -2.35. The van der Waals surface area contributed by atoms with Gasteiger partial charge in [0.2, 0.25) is 0 Å². The second-order valence-corrected chi connectivity index (χ2v) is 6.11. The van der Waals surface area contributed by atoms with Crippen molar-refractivity contribution >= 4 is 0 Å². The summed E-state index contributed by atoms with van der Waals surface area (Å²) in [5.41, 5.74) is 1.21. The molecule has 0 saturated carbocycles. The van der Waals surface area contributed by atoms with Gasteiger partial charge in [-0.15, -0.1) is 0 Å².